The van der Waals surface area contributed by atoms with Crippen LogP contribution in [0.15, 0.2) is 24.1 Å². The van der Waals surface area contributed by atoms with Gasteiger partial charge in [0.1, 0.15) is 12.4 Å². The Labute approximate surface area is 58.6 Å². The van der Waals surface area contributed by atoms with Crippen LogP contribution in [0.4, 0.5) is 0 Å². The molecule has 0 atom stereocenters. The van der Waals surface area contributed by atoms with E-state index in [2.05, 4.69) is 12.0 Å². The molecule has 0 saturated carbocycles. The van der Waals surface area contributed by atoms with E-state index in [4.69, 9.17) is 4.74 Å². The zero-order chi connectivity index (χ0) is 6.53. The lowest BCUT2D eigenvalue weighted by molar-refractivity contribution is 0.365. The number of ether oxygens (including phenoxy) is 1. The third-order valence-electron chi connectivity index (χ3n) is 0.812. The monoisotopic (exact) mass is 139 g/mol. The van der Waals surface area contributed by atoms with Crippen molar-refractivity contribution in [2.45, 2.75) is 0 Å². The van der Waals surface area contributed by atoms with Gasteiger partial charge in [-0.2, -0.15) is 0 Å². The van der Waals surface area contributed by atoms with E-state index in [1.54, 1.807) is 6.08 Å². The number of thiophene rings is 1. The maximum atomic E-state index is 5.16. The van der Waals surface area contributed by atoms with E-state index in [0.29, 0.717) is 6.61 Å². The van der Waals surface area contributed by atoms with E-state index in [9.17, 15) is 0 Å². The molecule has 9 heavy (non-hydrogen) atoms. The molecule has 47 valence electrons. The highest BCUT2D eigenvalue weighted by atomic mass is 32.1. The SMILES string of the molecule is C=CCOc1c[c]sc1. The van der Waals surface area contributed by atoms with Gasteiger partial charge in [-0.1, -0.05) is 12.7 Å². The molecular formula is C7H7OS. The maximum absolute atomic E-state index is 5.16. The van der Waals surface area contributed by atoms with Gasteiger partial charge < -0.3 is 4.74 Å². The average molecular weight is 139 g/mol. The second-order valence-electron chi connectivity index (χ2n) is 1.50. The second-order valence-corrected chi connectivity index (χ2v) is 2.21. The Morgan fingerprint density at radius 1 is 1.89 bits per heavy atom. The fraction of sp³-hybridized carbons (Fsp3) is 0.143. The minimum absolute atomic E-state index is 0.574. The zero-order valence-electron chi connectivity index (χ0n) is 4.96. The molecular weight excluding hydrogens is 132 g/mol. The predicted molar refractivity (Wildman–Crippen MR) is 38.8 cm³/mol. The van der Waals surface area contributed by atoms with Crippen molar-refractivity contribution in [1.29, 1.82) is 0 Å². The molecule has 0 aliphatic carbocycles. The van der Waals surface area contributed by atoms with E-state index in [0.717, 1.165) is 5.75 Å². The summed E-state index contributed by atoms with van der Waals surface area (Å²) in [6.07, 6.45) is 1.72. The fourth-order valence-electron chi connectivity index (χ4n) is 0.449. The molecule has 0 fully saturated rings. The van der Waals surface area contributed by atoms with Crippen molar-refractivity contribution in [2.24, 2.45) is 0 Å². The Hall–Kier alpha value is -0.760. The minimum atomic E-state index is 0.574. The first-order valence-corrected chi connectivity index (χ1v) is 3.49. The van der Waals surface area contributed by atoms with Crippen molar-refractivity contribution in [3.63, 3.8) is 0 Å². The fourth-order valence-corrected chi connectivity index (χ4v) is 0.954. The third kappa shape index (κ3) is 1.90. The normalized spacial score (nSPS) is 8.89. The highest BCUT2D eigenvalue weighted by Crippen LogP contribution is 2.13. The van der Waals surface area contributed by atoms with Crippen LogP contribution in [-0.2, 0) is 0 Å². The Bertz CT molecular complexity index is 167. The summed E-state index contributed by atoms with van der Waals surface area (Å²) in [7, 11) is 0. The van der Waals surface area contributed by atoms with Gasteiger partial charge in [-0.3, -0.25) is 0 Å². The second kappa shape index (κ2) is 3.30. The van der Waals surface area contributed by atoms with Crippen molar-refractivity contribution >= 4 is 11.3 Å². The van der Waals surface area contributed by atoms with Gasteiger partial charge in [-0.15, -0.1) is 11.3 Å². The van der Waals surface area contributed by atoms with Crippen LogP contribution >= 0.6 is 11.3 Å². The van der Waals surface area contributed by atoms with Crippen LogP contribution in [0.5, 0.6) is 5.75 Å². The molecule has 1 aromatic heterocycles. The van der Waals surface area contributed by atoms with Gasteiger partial charge in [0.15, 0.2) is 0 Å². The van der Waals surface area contributed by atoms with E-state index in [-0.39, 0.29) is 0 Å². The molecule has 1 heterocycles. The molecule has 0 amide bonds. The van der Waals surface area contributed by atoms with Gasteiger partial charge in [0.2, 0.25) is 0 Å². The standard InChI is InChI=1S/C7H7OS/c1-2-4-8-7-3-5-9-6-7/h2-3,6H,1,4H2. The average Bonchev–Trinajstić information content (AvgIpc) is 2.34. The Morgan fingerprint density at radius 3 is 3.33 bits per heavy atom. The highest BCUT2D eigenvalue weighted by molar-refractivity contribution is 7.07. The molecule has 0 saturated heterocycles. The molecule has 0 unspecified atom stereocenters. The van der Waals surface area contributed by atoms with Crippen LogP contribution < -0.4 is 4.74 Å². The summed E-state index contributed by atoms with van der Waals surface area (Å²) in [6.45, 7) is 4.10. The molecule has 0 bridgehead atoms. The Morgan fingerprint density at radius 2 is 2.78 bits per heavy atom. The van der Waals surface area contributed by atoms with Crippen LogP contribution in [0.1, 0.15) is 0 Å². The first kappa shape index (κ1) is 6.36. The van der Waals surface area contributed by atoms with Crippen molar-refractivity contribution in [3.05, 3.63) is 29.5 Å². The quantitative estimate of drug-likeness (QED) is 0.583. The number of hydrogen-bond donors (Lipinski definition) is 0. The highest BCUT2D eigenvalue weighted by Gasteiger charge is 1.87. The number of rotatable bonds is 3. The predicted octanol–water partition coefficient (Wildman–Crippen LogP) is 2.11. The van der Waals surface area contributed by atoms with Gasteiger partial charge in [-0.05, 0) is 6.07 Å². The summed E-state index contributed by atoms with van der Waals surface area (Å²) in [5.41, 5.74) is 0. The lowest BCUT2D eigenvalue weighted by Gasteiger charge is -1.95. The number of hydrogen-bond acceptors (Lipinski definition) is 2. The van der Waals surface area contributed by atoms with Crippen LogP contribution in [0.2, 0.25) is 0 Å². The van der Waals surface area contributed by atoms with Crippen LogP contribution in [0, 0.1) is 5.38 Å². The summed E-state index contributed by atoms with van der Waals surface area (Å²) in [6, 6.07) is 1.81. The van der Waals surface area contributed by atoms with Crippen molar-refractivity contribution in [1.82, 2.24) is 0 Å². The van der Waals surface area contributed by atoms with E-state index in [1.807, 2.05) is 11.4 Å². The van der Waals surface area contributed by atoms with E-state index < -0.39 is 0 Å². The summed E-state index contributed by atoms with van der Waals surface area (Å²) < 4.78 is 5.16. The van der Waals surface area contributed by atoms with Gasteiger partial charge in [-0.25, -0.2) is 0 Å². The van der Waals surface area contributed by atoms with Gasteiger partial charge in [0, 0.05) is 10.8 Å². The largest absolute Gasteiger partial charge is 0.489 e. The van der Waals surface area contributed by atoms with E-state index in [1.165, 1.54) is 11.3 Å². The summed E-state index contributed by atoms with van der Waals surface area (Å²) >= 11 is 1.51. The van der Waals surface area contributed by atoms with Crippen molar-refractivity contribution in [2.75, 3.05) is 6.61 Å². The first-order chi connectivity index (χ1) is 4.43. The third-order valence-corrected chi connectivity index (χ3v) is 1.42. The summed E-state index contributed by atoms with van der Waals surface area (Å²) in [5.74, 6) is 0.875. The van der Waals surface area contributed by atoms with Crippen molar-refractivity contribution in [3.8, 4) is 5.75 Å². The zero-order valence-corrected chi connectivity index (χ0v) is 5.78. The molecule has 0 spiro atoms. The molecule has 0 N–H and O–H groups in total. The molecule has 1 aromatic rings. The lowest BCUT2D eigenvalue weighted by Crippen LogP contribution is -1.89. The maximum Gasteiger partial charge on any atom is 0.131 e. The van der Waals surface area contributed by atoms with Crippen LogP contribution in [0.3, 0.4) is 0 Å². The first-order valence-electron chi connectivity index (χ1n) is 2.62. The molecule has 0 aromatic carbocycles. The Balaban J connectivity index is 2.38. The molecule has 1 nitrogen and oxygen atoms in total. The van der Waals surface area contributed by atoms with Gasteiger partial charge in [0.05, 0.1) is 0 Å². The summed E-state index contributed by atoms with van der Waals surface area (Å²) in [5, 5.41) is 4.83. The van der Waals surface area contributed by atoms with Gasteiger partial charge >= 0.3 is 0 Å². The van der Waals surface area contributed by atoms with E-state index >= 15 is 0 Å². The Kier molecular flexibility index (Phi) is 2.33. The molecule has 0 aliphatic rings. The lowest BCUT2D eigenvalue weighted by atomic mass is 10.6. The van der Waals surface area contributed by atoms with Gasteiger partial charge in [0.25, 0.3) is 0 Å². The van der Waals surface area contributed by atoms with Crippen LogP contribution in [-0.4, -0.2) is 6.61 Å². The molecule has 1 rings (SSSR count). The summed E-state index contributed by atoms with van der Waals surface area (Å²) in [4.78, 5) is 0. The molecule has 1 radical (unpaired) electrons. The molecule has 2 heteroatoms. The van der Waals surface area contributed by atoms with Crippen LogP contribution in [0.25, 0.3) is 0 Å². The smallest absolute Gasteiger partial charge is 0.131 e. The molecule has 0 aliphatic heterocycles. The van der Waals surface area contributed by atoms with Crippen molar-refractivity contribution < 1.29 is 4.74 Å². The minimum Gasteiger partial charge on any atom is -0.489 e. The topological polar surface area (TPSA) is 9.23 Å².